The topological polar surface area (TPSA) is 3.24 Å². The minimum Gasteiger partial charge on any atom is -0.304 e. The zero-order valence-electron chi connectivity index (χ0n) is 19.2. The first kappa shape index (κ1) is 19.5. The highest BCUT2D eigenvalue weighted by atomic mass is 15.1. The summed E-state index contributed by atoms with van der Waals surface area (Å²) in [6.07, 6.45) is 0. The predicted octanol–water partition coefficient (Wildman–Crippen LogP) is 7.36. The van der Waals surface area contributed by atoms with Crippen LogP contribution in [0.25, 0.3) is 33.4 Å². The minimum absolute atomic E-state index is 0.106. The molecule has 0 saturated heterocycles. The van der Waals surface area contributed by atoms with Gasteiger partial charge in [0.2, 0.25) is 0 Å². The Morgan fingerprint density at radius 3 is 1.19 bits per heavy atom. The van der Waals surface area contributed by atoms with Crippen molar-refractivity contribution in [1.29, 1.82) is 0 Å². The van der Waals surface area contributed by atoms with E-state index >= 15 is 0 Å². The molecular weight excluding hydrogens is 386 g/mol. The summed E-state index contributed by atoms with van der Waals surface area (Å²) in [6.45, 7) is 10.1. The van der Waals surface area contributed by atoms with Crippen molar-refractivity contribution in [3.8, 4) is 33.4 Å². The smallest absolute Gasteiger partial charge is 0.0737 e. The van der Waals surface area contributed by atoms with E-state index in [2.05, 4.69) is 111 Å². The van der Waals surface area contributed by atoms with Gasteiger partial charge in [-0.3, -0.25) is 0 Å². The number of rotatable bonds is 3. The fourth-order valence-corrected chi connectivity index (χ4v) is 6.38. The number of hydrogen-bond donors (Lipinski definition) is 0. The highest BCUT2D eigenvalue weighted by Gasteiger charge is 2.56. The Kier molecular flexibility index (Phi) is 4.38. The molecule has 1 nitrogen and oxygen atoms in total. The van der Waals surface area contributed by atoms with E-state index in [1.807, 2.05) is 0 Å². The zero-order chi connectivity index (χ0) is 21.9. The van der Waals surface area contributed by atoms with E-state index in [9.17, 15) is 0 Å². The molecule has 4 aromatic rings. The van der Waals surface area contributed by atoms with Crippen molar-refractivity contribution in [3.05, 3.63) is 107 Å². The van der Waals surface area contributed by atoms with E-state index in [4.69, 9.17) is 0 Å². The molecule has 0 aromatic heterocycles. The summed E-state index contributed by atoms with van der Waals surface area (Å²) < 4.78 is 0. The van der Waals surface area contributed by atoms with Gasteiger partial charge in [0.1, 0.15) is 0 Å². The third-order valence-electron chi connectivity index (χ3n) is 7.75. The summed E-state index contributed by atoms with van der Waals surface area (Å²) in [5.41, 5.74) is 14.3. The Bertz CT molecular complexity index is 1210. The summed E-state index contributed by atoms with van der Waals surface area (Å²) >= 11 is 0. The van der Waals surface area contributed by atoms with E-state index in [0.717, 1.165) is 0 Å². The molecule has 4 aromatic carbocycles. The first-order valence-electron chi connectivity index (χ1n) is 12.0. The summed E-state index contributed by atoms with van der Waals surface area (Å²) in [5, 5.41) is 0. The predicted molar refractivity (Wildman–Crippen MR) is 135 cm³/mol. The number of hydrogen-bond acceptors (Lipinski definition) is 1. The van der Waals surface area contributed by atoms with Crippen LogP contribution in [0.15, 0.2) is 84.9 Å². The van der Waals surface area contributed by atoms with Crippen molar-refractivity contribution in [2.45, 2.75) is 26.2 Å². The second-order valence-electron chi connectivity index (χ2n) is 8.92. The molecule has 32 heavy (non-hydrogen) atoms. The molecule has 3 aliphatic rings. The Labute approximate surface area is 191 Å². The Morgan fingerprint density at radius 1 is 0.469 bits per heavy atom. The molecule has 7 rings (SSSR count). The van der Waals surface area contributed by atoms with Crippen LogP contribution in [-0.2, 0) is 5.41 Å². The average Bonchev–Trinajstić information content (AvgIpc) is 3.45. The zero-order valence-corrected chi connectivity index (χ0v) is 19.2. The number of benzene rings is 4. The normalized spacial score (nSPS) is 14.4. The van der Waals surface area contributed by atoms with Gasteiger partial charge >= 0.3 is 0 Å². The molecule has 0 aliphatic heterocycles. The van der Waals surface area contributed by atoms with Gasteiger partial charge in [0.05, 0.1) is 5.41 Å². The minimum atomic E-state index is -0.106. The van der Waals surface area contributed by atoms with Crippen LogP contribution >= 0.6 is 0 Å². The molecule has 0 N–H and O–H groups in total. The first-order valence-corrected chi connectivity index (χ1v) is 12.0. The van der Waals surface area contributed by atoms with Crippen LogP contribution in [0.1, 0.15) is 43.0 Å². The Hall–Kier alpha value is -3.16. The van der Waals surface area contributed by atoms with Crippen molar-refractivity contribution >= 4 is 0 Å². The highest BCUT2D eigenvalue weighted by Crippen LogP contribution is 2.69. The van der Waals surface area contributed by atoms with Crippen molar-refractivity contribution in [2.75, 3.05) is 19.6 Å². The van der Waals surface area contributed by atoms with Crippen LogP contribution in [0.4, 0.5) is 0 Å². The lowest BCUT2D eigenvalue weighted by molar-refractivity contribution is 0.321. The fraction of sp³-hybridized carbons (Fsp3) is 0.226. The third-order valence-corrected chi connectivity index (χ3v) is 7.75. The molecule has 0 fully saturated rings. The lowest BCUT2D eigenvalue weighted by Crippen LogP contribution is -2.23. The monoisotopic (exact) mass is 415 g/mol. The maximum Gasteiger partial charge on any atom is 0.0737 e. The number of nitrogens with zero attached hydrogens (tertiary/aromatic N) is 1. The van der Waals surface area contributed by atoms with E-state index < -0.39 is 0 Å². The van der Waals surface area contributed by atoms with Crippen LogP contribution in [0.2, 0.25) is 0 Å². The van der Waals surface area contributed by atoms with Crippen LogP contribution < -0.4 is 0 Å². The standard InChI is InChI=1S/C25H14.C6H15N/c1-3-13-21-15(7-1)17-9-5-11-19-20-12-6-10-18-16-8-2-4-14-22(16)25(21,23(17)19)24(18)20;1-4-7(5-2)6-3/h1-14H;4-6H2,1-3H3. The molecule has 0 amide bonds. The molecule has 0 radical (unpaired) electrons. The summed E-state index contributed by atoms with van der Waals surface area (Å²) in [4.78, 5) is 2.38. The fourth-order valence-electron chi connectivity index (χ4n) is 6.38. The number of fused-ring (bicyclic) bond motifs is 5. The molecule has 0 atom stereocenters. The lowest BCUT2D eigenvalue weighted by Gasteiger charge is -2.27. The highest BCUT2D eigenvalue weighted by molar-refractivity contribution is 6.05. The van der Waals surface area contributed by atoms with E-state index in [1.165, 1.54) is 75.3 Å². The molecular formula is C31H29N. The Balaban J connectivity index is 0.000000247. The van der Waals surface area contributed by atoms with Gasteiger partial charge in [-0.1, -0.05) is 106 Å². The van der Waals surface area contributed by atoms with Gasteiger partial charge in [-0.2, -0.15) is 0 Å². The molecule has 0 unspecified atom stereocenters. The molecule has 3 aliphatic carbocycles. The maximum absolute atomic E-state index is 2.38. The molecule has 0 heterocycles. The molecule has 0 saturated carbocycles. The second kappa shape index (κ2) is 7.18. The quantitative estimate of drug-likeness (QED) is 0.291. The second-order valence-corrected chi connectivity index (χ2v) is 8.92. The lowest BCUT2D eigenvalue weighted by atomic mass is 9.73. The van der Waals surface area contributed by atoms with Gasteiger partial charge in [-0.15, -0.1) is 0 Å². The van der Waals surface area contributed by atoms with Crippen molar-refractivity contribution < 1.29 is 0 Å². The molecule has 1 heteroatoms. The SMILES string of the molecule is CCN(CC)CC.c1ccc2c(c1)-c1cccc3c1C21c2ccccc2-c2cccc-3c21. The average molecular weight is 416 g/mol. The van der Waals surface area contributed by atoms with Crippen molar-refractivity contribution in [3.63, 3.8) is 0 Å². The third kappa shape index (κ3) is 2.27. The van der Waals surface area contributed by atoms with Crippen molar-refractivity contribution in [1.82, 2.24) is 4.90 Å². The van der Waals surface area contributed by atoms with E-state index in [-0.39, 0.29) is 5.41 Å². The van der Waals surface area contributed by atoms with Gasteiger partial charge < -0.3 is 4.90 Å². The molecule has 0 bridgehead atoms. The molecule has 158 valence electrons. The van der Waals surface area contributed by atoms with Gasteiger partial charge in [-0.05, 0) is 75.3 Å². The van der Waals surface area contributed by atoms with E-state index in [1.54, 1.807) is 0 Å². The maximum atomic E-state index is 2.38. The van der Waals surface area contributed by atoms with E-state index in [0.29, 0.717) is 0 Å². The summed E-state index contributed by atoms with van der Waals surface area (Å²) in [6, 6.07) is 31.7. The van der Waals surface area contributed by atoms with Gasteiger partial charge in [0, 0.05) is 0 Å². The van der Waals surface area contributed by atoms with Gasteiger partial charge in [-0.25, -0.2) is 0 Å². The molecule has 1 spiro atoms. The van der Waals surface area contributed by atoms with Crippen LogP contribution in [-0.4, -0.2) is 24.5 Å². The van der Waals surface area contributed by atoms with Crippen LogP contribution in [0.5, 0.6) is 0 Å². The van der Waals surface area contributed by atoms with Gasteiger partial charge in [0.25, 0.3) is 0 Å². The Morgan fingerprint density at radius 2 is 0.812 bits per heavy atom. The van der Waals surface area contributed by atoms with Crippen LogP contribution in [0, 0.1) is 0 Å². The van der Waals surface area contributed by atoms with Gasteiger partial charge in [0.15, 0.2) is 0 Å². The van der Waals surface area contributed by atoms with Crippen LogP contribution in [0.3, 0.4) is 0 Å². The first-order chi connectivity index (χ1) is 15.8. The van der Waals surface area contributed by atoms with Crippen molar-refractivity contribution in [2.24, 2.45) is 0 Å². The largest absolute Gasteiger partial charge is 0.304 e. The summed E-state index contributed by atoms with van der Waals surface area (Å²) in [5.74, 6) is 0. The summed E-state index contributed by atoms with van der Waals surface area (Å²) in [7, 11) is 0.